The second kappa shape index (κ2) is 5.53. The molecule has 0 amide bonds. The highest BCUT2D eigenvalue weighted by Gasteiger charge is 2.15. The third-order valence-corrected chi connectivity index (χ3v) is 4.10. The van der Waals surface area contributed by atoms with Gasteiger partial charge in [0.2, 0.25) is 0 Å². The minimum atomic E-state index is 0.662. The number of thioether (sulfide) groups is 1. The van der Waals surface area contributed by atoms with Crippen molar-refractivity contribution in [3.8, 4) is 0 Å². The molecule has 0 spiro atoms. The molecule has 1 aliphatic carbocycles. The monoisotopic (exact) mass is 233 g/mol. The van der Waals surface area contributed by atoms with Crippen molar-refractivity contribution in [1.29, 1.82) is 5.41 Å². The molecule has 2 rings (SSSR count). The van der Waals surface area contributed by atoms with Gasteiger partial charge in [0.05, 0.1) is 5.04 Å². The van der Waals surface area contributed by atoms with Crippen LogP contribution in [0.15, 0.2) is 24.3 Å². The average Bonchev–Trinajstić information content (AvgIpc) is 2.39. The van der Waals surface area contributed by atoms with E-state index in [4.69, 9.17) is 5.41 Å². The van der Waals surface area contributed by atoms with Gasteiger partial charge in [-0.2, -0.15) is 0 Å². The lowest BCUT2D eigenvalue weighted by molar-refractivity contribution is 0.443. The van der Waals surface area contributed by atoms with E-state index in [-0.39, 0.29) is 0 Å². The van der Waals surface area contributed by atoms with Gasteiger partial charge in [0.15, 0.2) is 0 Å². The second-order valence-corrected chi connectivity index (χ2v) is 5.31. The molecule has 1 fully saturated rings. The SMILES string of the molecule is CSC(=N)c1ccc(C2CCCCC2)cc1. The van der Waals surface area contributed by atoms with Crippen LogP contribution in [-0.2, 0) is 0 Å². The Labute approximate surface area is 102 Å². The maximum Gasteiger partial charge on any atom is 0.0939 e. The van der Waals surface area contributed by atoms with Crippen molar-refractivity contribution in [3.63, 3.8) is 0 Å². The van der Waals surface area contributed by atoms with Crippen molar-refractivity contribution in [2.75, 3.05) is 6.26 Å². The molecule has 0 saturated heterocycles. The van der Waals surface area contributed by atoms with Crippen LogP contribution in [0, 0.1) is 5.41 Å². The van der Waals surface area contributed by atoms with Gasteiger partial charge in [-0.25, -0.2) is 0 Å². The fraction of sp³-hybridized carbons (Fsp3) is 0.500. The summed E-state index contributed by atoms with van der Waals surface area (Å²) in [7, 11) is 0. The van der Waals surface area contributed by atoms with E-state index in [0.29, 0.717) is 5.04 Å². The van der Waals surface area contributed by atoms with E-state index in [1.54, 1.807) is 0 Å². The van der Waals surface area contributed by atoms with Gasteiger partial charge in [-0.3, -0.25) is 5.41 Å². The van der Waals surface area contributed by atoms with Crippen molar-refractivity contribution in [1.82, 2.24) is 0 Å². The minimum Gasteiger partial charge on any atom is -0.293 e. The molecule has 1 saturated carbocycles. The molecule has 1 nitrogen and oxygen atoms in total. The van der Waals surface area contributed by atoms with E-state index >= 15 is 0 Å². The van der Waals surface area contributed by atoms with Gasteiger partial charge in [0.25, 0.3) is 0 Å². The summed E-state index contributed by atoms with van der Waals surface area (Å²) >= 11 is 1.50. The first kappa shape index (κ1) is 11.7. The Morgan fingerprint density at radius 3 is 2.31 bits per heavy atom. The van der Waals surface area contributed by atoms with Crippen LogP contribution in [0.5, 0.6) is 0 Å². The molecule has 1 aromatic carbocycles. The maximum absolute atomic E-state index is 7.76. The highest BCUT2D eigenvalue weighted by atomic mass is 32.2. The Morgan fingerprint density at radius 1 is 1.12 bits per heavy atom. The maximum atomic E-state index is 7.76. The van der Waals surface area contributed by atoms with Crippen LogP contribution in [0.4, 0.5) is 0 Å². The van der Waals surface area contributed by atoms with Crippen LogP contribution in [0.3, 0.4) is 0 Å². The van der Waals surface area contributed by atoms with Gasteiger partial charge in [-0.05, 0) is 30.6 Å². The molecule has 1 N–H and O–H groups in total. The third-order valence-electron chi connectivity index (χ3n) is 3.45. The van der Waals surface area contributed by atoms with E-state index in [0.717, 1.165) is 11.5 Å². The largest absolute Gasteiger partial charge is 0.293 e. The summed E-state index contributed by atoms with van der Waals surface area (Å²) in [5.41, 5.74) is 2.52. The van der Waals surface area contributed by atoms with E-state index in [1.165, 1.54) is 49.4 Å². The first-order valence-electron chi connectivity index (χ1n) is 6.04. The number of rotatable bonds is 2. The van der Waals surface area contributed by atoms with Gasteiger partial charge in [0.1, 0.15) is 0 Å². The number of hydrogen-bond donors (Lipinski definition) is 1. The van der Waals surface area contributed by atoms with E-state index in [1.807, 2.05) is 6.26 Å². The van der Waals surface area contributed by atoms with Crippen LogP contribution in [0.25, 0.3) is 0 Å². The summed E-state index contributed by atoms with van der Waals surface area (Å²) in [6.07, 6.45) is 8.82. The summed E-state index contributed by atoms with van der Waals surface area (Å²) in [4.78, 5) is 0. The Morgan fingerprint density at radius 2 is 1.75 bits per heavy atom. The van der Waals surface area contributed by atoms with E-state index in [9.17, 15) is 0 Å². The molecule has 0 bridgehead atoms. The first-order valence-corrected chi connectivity index (χ1v) is 7.26. The molecule has 0 aliphatic heterocycles. The smallest absolute Gasteiger partial charge is 0.0939 e. The topological polar surface area (TPSA) is 23.9 Å². The summed E-state index contributed by atoms with van der Waals surface area (Å²) < 4.78 is 0. The minimum absolute atomic E-state index is 0.662. The molecule has 0 heterocycles. The van der Waals surface area contributed by atoms with Gasteiger partial charge in [-0.15, -0.1) is 11.8 Å². The number of benzene rings is 1. The van der Waals surface area contributed by atoms with Crippen molar-refractivity contribution in [3.05, 3.63) is 35.4 Å². The Balaban J connectivity index is 2.09. The molecule has 1 aromatic rings. The quantitative estimate of drug-likeness (QED) is 0.593. The lowest BCUT2D eigenvalue weighted by atomic mass is 9.84. The molecule has 86 valence electrons. The van der Waals surface area contributed by atoms with Gasteiger partial charge >= 0.3 is 0 Å². The van der Waals surface area contributed by atoms with E-state index in [2.05, 4.69) is 24.3 Å². The first-order chi connectivity index (χ1) is 7.81. The summed E-state index contributed by atoms with van der Waals surface area (Å²) in [6.45, 7) is 0. The molecular weight excluding hydrogens is 214 g/mol. The van der Waals surface area contributed by atoms with Crippen molar-refractivity contribution in [2.45, 2.75) is 38.0 Å². The standard InChI is InChI=1S/C14H19NS/c1-16-14(15)13-9-7-12(8-10-13)11-5-3-2-4-6-11/h7-11,15H,2-6H2,1H3. The second-order valence-electron chi connectivity index (χ2n) is 4.49. The zero-order valence-electron chi connectivity index (χ0n) is 9.83. The van der Waals surface area contributed by atoms with Crippen molar-refractivity contribution < 1.29 is 0 Å². The molecule has 0 aromatic heterocycles. The van der Waals surface area contributed by atoms with Gasteiger partial charge < -0.3 is 0 Å². The number of hydrogen-bond acceptors (Lipinski definition) is 2. The average molecular weight is 233 g/mol. The highest BCUT2D eigenvalue weighted by molar-refractivity contribution is 8.13. The molecular formula is C14H19NS. The molecule has 2 heteroatoms. The molecule has 0 radical (unpaired) electrons. The van der Waals surface area contributed by atoms with Crippen LogP contribution in [0.1, 0.15) is 49.1 Å². The van der Waals surface area contributed by atoms with Crippen LogP contribution >= 0.6 is 11.8 Å². The lowest BCUT2D eigenvalue weighted by Crippen LogP contribution is -2.04. The molecule has 1 aliphatic rings. The summed E-state index contributed by atoms with van der Waals surface area (Å²) in [5, 5.41) is 8.42. The summed E-state index contributed by atoms with van der Waals surface area (Å²) in [6, 6.07) is 8.64. The number of nitrogens with one attached hydrogen (secondary N) is 1. The van der Waals surface area contributed by atoms with E-state index < -0.39 is 0 Å². The predicted octanol–water partition coefficient (Wildman–Crippen LogP) is 4.42. The molecule has 0 unspecified atom stereocenters. The highest BCUT2D eigenvalue weighted by Crippen LogP contribution is 2.32. The molecule has 0 atom stereocenters. The fourth-order valence-electron chi connectivity index (χ4n) is 2.46. The fourth-order valence-corrected chi connectivity index (χ4v) is 2.83. The van der Waals surface area contributed by atoms with Crippen molar-refractivity contribution in [2.24, 2.45) is 0 Å². The predicted molar refractivity (Wildman–Crippen MR) is 72.6 cm³/mol. The van der Waals surface area contributed by atoms with Gasteiger partial charge in [0, 0.05) is 5.56 Å². The molecule has 16 heavy (non-hydrogen) atoms. The lowest BCUT2D eigenvalue weighted by Gasteiger charge is -2.22. The van der Waals surface area contributed by atoms with Crippen LogP contribution < -0.4 is 0 Å². The summed E-state index contributed by atoms with van der Waals surface area (Å²) in [5.74, 6) is 0.770. The Bertz CT molecular complexity index is 350. The van der Waals surface area contributed by atoms with Crippen LogP contribution in [-0.4, -0.2) is 11.3 Å². The Kier molecular flexibility index (Phi) is 4.05. The van der Waals surface area contributed by atoms with Crippen LogP contribution in [0.2, 0.25) is 0 Å². The normalized spacial score (nSPS) is 17.3. The third kappa shape index (κ3) is 2.67. The van der Waals surface area contributed by atoms with Crippen molar-refractivity contribution >= 4 is 16.8 Å². The Hall–Kier alpha value is -0.760. The zero-order chi connectivity index (χ0) is 11.4. The van der Waals surface area contributed by atoms with Gasteiger partial charge in [-0.1, -0.05) is 43.5 Å². The zero-order valence-corrected chi connectivity index (χ0v) is 10.6.